The van der Waals surface area contributed by atoms with Crippen LogP contribution in [0, 0.1) is 6.92 Å². The summed E-state index contributed by atoms with van der Waals surface area (Å²) >= 11 is 6.40. The minimum Gasteiger partial charge on any atom is -0.311 e. The molecule has 18 heavy (non-hydrogen) atoms. The predicted molar refractivity (Wildman–Crippen MR) is 76.2 cm³/mol. The van der Waals surface area contributed by atoms with E-state index in [0.717, 1.165) is 30.2 Å². The number of rotatable bonds is 3. The van der Waals surface area contributed by atoms with E-state index in [4.69, 9.17) is 11.6 Å². The minimum atomic E-state index is 0.166. The quantitative estimate of drug-likeness (QED) is 0.912. The number of aryl methyl sites for hydroxylation is 2. The van der Waals surface area contributed by atoms with Gasteiger partial charge in [0.1, 0.15) is 0 Å². The molecule has 2 heterocycles. The molecule has 0 bridgehead atoms. The average Bonchev–Trinajstić information content (AvgIpc) is 2.54. The monoisotopic (exact) mass is 269 g/mol. The van der Waals surface area contributed by atoms with Crippen molar-refractivity contribution in [3.8, 4) is 0 Å². The maximum Gasteiger partial charge on any atom is 0.0847 e. The number of hydrogen-bond donors (Lipinski definition) is 1. The van der Waals surface area contributed by atoms with Crippen LogP contribution in [0.4, 0.5) is 0 Å². The predicted octanol–water partition coefficient (Wildman–Crippen LogP) is 3.33. The molecule has 0 spiro atoms. The molecule has 0 saturated carbocycles. The molecular formula is C14H24ClN3. The first-order valence-corrected chi connectivity index (χ1v) is 7.40. The summed E-state index contributed by atoms with van der Waals surface area (Å²) in [6.45, 7) is 8.43. The molecule has 0 amide bonds. The molecule has 1 N–H and O–H groups in total. The van der Waals surface area contributed by atoms with Crippen LogP contribution in [-0.2, 0) is 13.0 Å². The second-order valence-electron chi connectivity index (χ2n) is 5.64. The molecule has 1 unspecified atom stereocenters. The molecule has 1 aliphatic heterocycles. The van der Waals surface area contributed by atoms with Crippen LogP contribution in [0.2, 0.25) is 5.02 Å². The van der Waals surface area contributed by atoms with Gasteiger partial charge in [-0.25, -0.2) is 0 Å². The van der Waals surface area contributed by atoms with Gasteiger partial charge in [-0.2, -0.15) is 5.10 Å². The zero-order chi connectivity index (χ0) is 13.2. The molecule has 0 aliphatic carbocycles. The molecule has 1 atom stereocenters. The molecule has 4 heteroatoms. The first kappa shape index (κ1) is 13.9. The van der Waals surface area contributed by atoms with Crippen LogP contribution < -0.4 is 5.32 Å². The van der Waals surface area contributed by atoms with E-state index in [1.165, 1.54) is 31.4 Å². The third kappa shape index (κ3) is 2.89. The highest BCUT2D eigenvalue weighted by molar-refractivity contribution is 6.31. The number of aromatic nitrogens is 2. The second-order valence-corrected chi connectivity index (χ2v) is 6.01. The summed E-state index contributed by atoms with van der Waals surface area (Å²) in [5, 5.41) is 9.05. The molecule has 3 nitrogen and oxygen atoms in total. The molecule has 1 fully saturated rings. The van der Waals surface area contributed by atoms with E-state index < -0.39 is 0 Å². The highest BCUT2D eigenvalue weighted by atomic mass is 35.5. The van der Waals surface area contributed by atoms with Crippen LogP contribution in [0.15, 0.2) is 0 Å². The van der Waals surface area contributed by atoms with Gasteiger partial charge in [-0.15, -0.1) is 0 Å². The van der Waals surface area contributed by atoms with Gasteiger partial charge < -0.3 is 5.32 Å². The molecule has 0 aromatic carbocycles. The minimum absolute atomic E-state index is 0.166. The SMILES string of the molecule is CCn1nc(C)c(Cl)c1CC1(C)CCCCCN1. The maximum atomic E-state index is 6.40. The van der Waals surface area contributed by atoms with Gasteiger partial charge in [0.05, 0.1) is 16.4 Å². The van der Waals surface area contributed by atoms with Crippen molar-refractivity contribution in [1.29, 1.82) is 0 Å². The molecular weight excluding hydrogens is 246 g/mol. The Labute approximate surface area is 115 Å². The van der Waals surface area contributed by atoms with Gasteiger partial charge in [0, 0.05) is 18.5 Å². The van der Waals surface area contributed by atoms with Crippen LogP contribution in [-0.4, -0.2) is 21.9 Å². The number of nitrogens with one attached hydrogen (secondary N) is 1. The Hall–Kier alpha value is -0.540. The van der Waals surface area contributed by atoms with Crippen molar-refractivity contribution in [2.75, 3.05) is 6.54 Å². The van der Waals surface area contributed by atoms with Gasteiger partial charge in [0.15, 0.2) is 0 Å². The summed E-state index contributed by atoms with van der Waals surface area (Å²) in [4.78, 5) is 0. The molecule has 2 rings (SSSR count). The van der Waals surface area contributed by atoms with Crippen molar-refractivity contribution in [1.82, 2.24) is 15.1 Å². The van der Waals surface area contributed by atoms with Gasteiger partial charge in [-0.3, -0.25) is 4.68 Å². The normalized spacial score (nSPS) is 25.1. The number of nitrogens with zero attached hydrogens (tertiary/aromatic N) is 2. The Bertz CT molecular complexity index is 403. The first-order valence-electron chi connectivity index (χ1n) is 7.02. The van der Waals surface area contributed by atoms with Crippen molar-refractivity contribution in [2.45, 2.75) is 65.0 Å². The Morgan fingerprint density at radius 2 is 2.17 bits per heavy atom. The topological polar surface area (TPSA) is 29.9 Å². The lowest BCUT2D eigenvalue weighted by atomic mass is 9.90. The van der Waals surface area contributed by atoms with Gasteiger partial charge >= 0.3 is 0 Å². The van der Waals surface area contributed by atoms with Gasteiger partial charge in [0.2, 0.25) is 0 Å². The standard InChI is InChI=1S/C14H24ClN3/c1-4-18-12(13(15)11(2)17-18)10-14(3)8-6-5-7-9-16-14/h16H,4-10H2,1-3H3. The smallest absolute Gasteiger partial charge is 0.0847 e. The van der Waals surface area contributed by atoms with E-state index in [2.05, 4.69) is 28.9 Å². The summed E-state index contributed by atoms with van der Waals surface area (Å²) in [6, 6.07) is 0. The summed E-state index contributed by atoms with van der Waals surface area (Å²) in [6.07, 6.45) is 6.12. The number of halogens is 1. The van der Waals surface area contributed by atoms with Crippen molar-refractivity contribution in [3.63, 3.8) is 0 Å². The van der Waals surface area contributed by atoms with Crippen LogP contribution in [0.1, 0.15) is 50.9 Å². The molecule has 1 aromatic rings. The zero-order valence-corrected chi connectivity index (χ0v) is 12.5. The Kier molecular flexibility index (Phi) is 4.33. The Morgan fingerprint density at radius 3 is 2.89 bits per heavy atom. The third-order valence-corrected chi connectivity index (χ3v) is 4.46. The van der Waals surface area contributed by atoms with E-state index in [0.29, 0.717) is 0 Å². The lowest BCUT2D eigenvalue weighted by Gasteiger charge is -2.29. The Morgan fingerprint density at radius 1 is 1.39 bits per heavy atom. The molecule has 1 aromatic heterocycles. The van der Waals surface area contributed by atoms with E-state index >= 15 is 0 Å². The van der Waals surface area contributed by atoms with E-state index in [1.807, 2.05) is 6.92 Å². The van der Waals surface area contributed by atoms with E-state index in [9.17, 15) is 0 Å². The zero-order valence-electron chi connectivity index (χ0n) is 11.7. The first-order chi connectivity index (χ1) is 8.56. The third-order valence-electron chi connectivity index (χ3n) is 3.97. The molecule has 102 valence electrons. The molecule has 0 radical (unpaired) electrons. The van der Waals surface area contributed by atoms with Crippen molar-refractivity contribution < 1.29 is 0 Å². The van der Waals surface area contributed by atoms with Crippen LogP contribution in [0.5, 0.6) is 0 Å². The summed E-state index contributed by atoms with van der Waals surface area (Å²) in [5.41, 5.74) is 2.30. The van der Waals surface area contributed by atoms with Crippen LogP contribution in [0.25, 0.3) is 0 Å². The van der Waals surface area contributed by atoms with Gasteiger partial charge in [-0.05, 0) is 40.2 Å². The van der Waals surface area contributed by atoms with Crippen molar-refractivity contribution in [2.24, 2.45) is 0 Å². The lowest BCUT2D eigenvalue weighted by Crippen LogP contribution is -2.44. The van der Waals surface area contributed by atoms with E-state index in [-0.39, 0.29) is 5.54 Å². The van der Waals surface area contributed by atoms with Gasteiger partial charge in [-0.1, -0.05) is 24.4 Å². The highest BCUT2D eigenvalue weighted by Crippen LogP contribution is 2.28. The summed E-state index contributed by atoms with van der Waals surface area (Å²) in [5.74, 6) is 0. The Balaban J connectivity index is 2.21. The van der Waals surface area contributed by atoms with Crippen molar-refractivity contribution >= 4 is 11.6 Å². The fourth-order valence-electron chi connectivity index (χ4n) is 2.85. The lowest BCUT2D eigenvalue weighted by molar-refractivity contribution is 0.336. The fraction of sp³-hybridized carbons (Fsp3) is 0.786. The van der Waals surface area contributed by atoms with Crippen molar-refractivity contribution in [3.05, 3.63) is 16.4 Å². The second kappa shape index (κ2) is 5.62. The van der Waals surface area contributed by atoms with E-state index in [1.54, 1.807) is 0 Å². The molecule has 1 aliphatic rings. The maximum absolute atomic E-state index is 6.40. The number of hydrogen-bond acceptors (Lipinski definition) is 2. The molecule has 1 saturated heterocycles. The fourth-order valence-corrected chi connectivity index (χ4v) is 3.06. The van der Waals surface area contributed by atoms with Crippen LogP contribution >= 0.6 is 11.6 Å². The average molecular weight is 270 g/mol. The van der Waals surface area contributed by atoms with Gasteiger partial charge in [0.25, 0.3) is 0 Å². The summed E-state index contributed by atoms with van der Waals surface area (Å²) in [7, 11) is 0. The van der Waals surface area contributed by atoms with Crippen LogP contribution in [0.3, 0.4) is 0 Å². The largest absolute Gasteiger partial charge is 0.311 e. The summed E-state index contributed by atoms with van der Waals surface area (Å²) < 4.78 is 2.05. The highest BCUT2D eigenvalue weighted by Gasteiger charge is 2.28.